The minimum absolute atomic E-state index is 0.00581. The van der Waals surface area contributed by atoms with Crippen molar-refractivity contribution in [3.8, 4) is 0 Å². The van der Waals surface area contributed by atoms with E-state index in [4.69, 9.17) is 4.74 Å². The Kier molecular flexibility index (Phi) is 4.44. The number of hydrogen-bond donors (Lipinski definition) is 1. The van der Waals surface area contributed by atoms with Crippen molar-refractivity contribution in [1.82, 2.24) is 10.2 Å². The van der Waals surface area contributed by atoms with Crippen LogP contribution in [0.1, 0.15) is 44.9 Å². The largest absolute Gasteiger partial charge is 0.469 e. The second-order valence-corrected chi connectivity index (χ2v) is 5.20. The lowest BCUT2D eigenvalue weighted by molar-refractivity contribution is -0.142. The summed E-state index contributed by atoms with van der Waals surface area (Å²) in [5.74, 6) is -0.233. The Labute approximate surface area is 108 Å². The van der Waals surface area contributed by atoms with Crippen LogP contribution < -0.4 is 5.32 Å². The van der Waals surface area contributed by atoms with Crippen LogP contribution in [0, 0.1) is 0 Å². The molecule has 1 atom stereocenters. The number of amides is 2. The zero-order chi connectivity index (χ0) is 13.0. The summed E-state index contributed by atoms with van der Waals surface area (Å²) in [6.45, 7) is 0.750. The van der Waals surface area contributed by atoms with Gasteiger partial charge in [-0.2, -0.15) is 0 Å². The molecule has 2 aliphatic rings. The summed E-state index contributed by atoms with van der Waals surface area (Å²) < 4.78 is 4.70. The summed E-state index contributed by atoms with van der Waals surface area (Å²) in [7, 11) is 1.39. The molecular weight excluding hydrogens is 232 g/mol. The monoisotopic (exact) mass is 254 g/mol. The summed E-state index contributed by atoms with van der Waals surface area (Å²) in [5, 5.41) is 3.04. The smallest absolute Gasteiger partial charge is 0.317 e. The maximum Gasteiger partial charge on any atom is 0.317 e. The van der Waals surface area contributed by atoms with Crippen molar-refractivity contribution in [2.24, 2.45) is 0 Å². The maximum atomic E-state index is 12.1. The number of carbonyl (C=O) groups is 2. The number of hydrogen-bond acceptors (Lipinski definition) is 3. The van der Waals surface area contributed by atoms with Gasteiger partial charge in [-0.15, -0.1) is 0 Å². The van der Waals surface area contributed by atoms with E-state index in [1.165, 1.54) is 13.5 Å². The summed E-state index contributed by atoms with van der Waals surface area (Å²) in [6, 6.07) is 0.345. The number of esters is 1. The predicted octanol–water partition coefficient (Wildman–Crippen LogP) is 1.67. The van der Waals surface area contributed by atoms with Crippen LogP contribution in [0.3, 0.4) is 0 Å². The normalized spacial score (nSPS) is 24.3. The first-order valence-electron chi connectivity index (χ1n) is 6.84. The molecule has 2 fully saturated rings. The molecule has 102 valence electrons. The van der Waals surface area contributed by atoms with Gasteiger partial charge < -0.3 is 15.0 Å². The van der Waals surface area contributed by atoms with Crippen LogP contribution >= 0.6 is 0 Å². The lowest BCUT2D eigenvalue weighted by atomic mass is 9.93. The minimum atomic E-state index is -0.233. The van der Waals surface area contributed by atoms with Crippen LogP contribution in [0.25, 0.3) is 0 Å². The topological polar surface area (TPSA) is 58.6 Å². The molecule has 0 aromatic heterocycles. The molecule has 1 unspecified atom stereocenters. The quantitative estimate of drug-likeness (QED) is 0.779. The summed E-state index contributed by atoms with van der Waals surface area (Å²) in [5.41, 5.74) is 0. The van der Waals surface area contributed by atoms with Crippen LogP contribution in [-0.2, 0) is 9.53 Å². The number of piperidine rings is 1. The first-order valence-corrected chi connectivity index (χ1v) is 6.84. The van der Waals surface area contributed by atoms with Gasteiger partial charge in [0.25, 0.3) is 0 Å². The van der Waals surface area contributed by atoms with E-state index in [1.54, 1.807) is 0 Å². The van der Waals surface area contributed by atoms with Gasteiger partial charge in [-0.1, -0.05) is 0 Å². The van der Waals surface area contributed by atoms with Gasteiger partial charge >= 0.3 is 12.0 Å². The van der Waals surface area contributed by atoms with E-state index in [-0.39, 0.29) is 18.0 Å². The number of nitrogens with zero attached hydrogens (tertiary/aromatic N) is 1. The third-order valence-electron chi connectivity index (χ3n) is 3.95. The average molecular weight is 254 g/mol. The Morgan fingerprint density at radius 1 is 1.22 bits per heavy atom. The molecule has 1 N–H and O–H groups in total. The van der Waals surface area contributed by atoms with Crippen LogP contribution in [-0.4, -0.2) is 42.6 Å². The molecule has 18 heavy (non-hydrogen) atoms. The van der Waals surface area contributed by atoms with Crippen molar-refractivity contribution < 1.29 is 14.3 Å². The van der Waals surface area contributed by atoms with Gasteiger partial charge in [-0.25, -0.2) is 4.79 Å². The van der Waals surface area contributed by atoms with Gasteiger partial charge in [0, 0.05) is 18.6 Å². The van der Waals surface area contributed by atoms with Crippen LogP contribution in [0.15, 0.2) is 0 Å². The molecule has 5 nitrogen and oxygen atoms in total. The van der Waals surface area contributed by atoms with Crippen LogP contribution in [0.4, 0.5) is 4.79 Å². The van der Waals surface area contributed by atoms with Gasteiger partial charge in [-0.3, -0.25) is 4.79 Å². The van der Waals surface area contributed by atoms with Gasteiger partial charge in [-0.05, 0) is 38.5 Å². The highest BCUT2D eigenvalue weighted by Gasteiger charge is 2.30. The molecule has 1 saturated carbocycles. The molecule has 0 aromatic rings. The number of likely N-dealkylation sites (tertiary alicyclic amines) is 1. The third kappa shape index (κ3) is 3.15. The molecule has 0 spiro atoms. The van der Waals surface area contributed by atoms with E-state index in [2.05, 4.69) is 5.32 Å². The fraction of sp³-hybridized carbons (Fsp3) is 0.846. The Bertz CT molecular complexity index is 315. The number of rotatable bonds is 3. The van der Waals surface area contributed by atoms with Crippen molar-refractivity contribution in [2.45, 2.75) is 57.0 Å². The lowest BCUT2D eigenvalue weighted by Crippen LogP contribution is -2.53. The number of carbonyl (C=O) groups excluding carboxylic acids is 2. The summed E-state index contributed by atoms with van der Waals surface area (Å²) in [4.78, 5) is 25.3. The van der Waals surface area contributed by atoms with Crippen molar-refractivity contribution in [2.75, 3.05) is 13.7 Å². The van der Waals surface area contributed by atoms with E-state index >= 15 is 0 Å². The molecule has 0 bridgehead atoms. The van der Waals surface area contributed by atoms with E-state index < -0.39 is 0 Å². The Morgan fingerprint density at radius 2 is 2.00 bits per heavy atom. The second-order valence-electron chi connectivity index (χ2n) is 5.20. The zero-order valence-corrected chi connectivity index (χ0v) is 11.0. The van der Waals surface area contributed by atoms with Crippen LogP contribution in [0.2, 0.25) is 0 Å². The Hall–Kier alpha value is -1.26. The molecule has 1 heterocycles. The molecule has 2 rings (SSSR count). The highest BCUT2D eigenvalue weighted by molar-refractivity contribution is 5.77. The Balaban J connectivity index is 1.89. The number of methoxy groups -OCH3 is 1. The SMILES string of the molecule is COC(=O)CC1CCCCN1C(=O)NC1CCC1. The fourth-order valence-corrected chi connectivity index (χ4v) is 2.57. The maximum absolute atomic E-state index is 12.1. The van der Waals surface area contributed by atoms with Gasteiger partial charge in [0.15, 0.2) is 0 Å². The number of urea groups is 1. The molecule has 5 heteroatoms. The van der Waals surface area contributed by atoms with Gasteiger partial charge in [0.2, 0.25) is 0 Å². The highest BCUT2D eigenvalue weighted by Crippen LogP contribution is 2.22. The van der Waals surface area contributed by atoms with Crippen LogP contribution in [0.5, 0.6) is 0 Å². The van der Waals surface area contributed by atoms with Crippen molar-refractivity contribution in [1.29, 1.82) is 0 Å². The predicted molar refractivity (Wildman–Crippen MR) is 67.1 cm³/mol. The second kappa shape index (κ2) is 6.07. The van der Waals surface area contributed by atoms with Gasteiger partial charge in [0.1, 0.15) is 0 Å². The first-order chi connectivity index (χ1) is 8.70. The number of nitrogens with one attached hydrogen (secondary N) is 1. The van der Waals surface area contributed by atoms with E-state index in [1.807, 2.05) is 4.90 Å². The third-order valence-corrected chi connectivity index (χ3v) is 3.95. The molecule has 0 radical (unpaired) electrons. The summed E-state index contributed by atoms with van der Waals surface area (Å²) >= 11 is 0. The van der Waals surface area contributed by atoms with Gasteiger partial charge in [0.05, 0.1) is 13.5 Å². The fourth-order valence-electron chi connectivity index (χ4n) is 2.57. The van der Waals surface area contributed by atoms with Crippen molar-refractivity contribution in [3.05, 3.63) is 0 Å². The number of ether oxygens (including phenoxy) is 1. The highest BCUT2D eigenvalue weighted by atomic mass is 16.5. The lowest BCUT2D eigenvalue weighted by Gasteiger charge is -2.37. The van der Waals surface area contributed by atoms with E-state index in [0.717, 1.165) is 38.6 Å². The molecule has 2 amide bonds. The van der Waals surface area contributed by atoms with Crippen molar-refractivity contribution >= 4 is 12.0 Å². The average Bonchev–Trinajstić information content (AvgIpc) is 2.34. The zero-order valence-electron chi connectivity index (χ0n) is 11.0. The minimum Gasteiger partial charge on any atom is -0.469 e. The van der Waals surface area contributed by atoms with E-state index in [9.17, 15) is 9.59 Å². The summed E-state index contributed by atoms with van der Waals surface area (Å²) in [6.07, 6.45) is 6.69. The molecular formula is C13H22N2O3. The van der Waals surface area contributed by atoms with E-state index in [0.29, 0.717) is 12.5 Å². The first kappa shape index (κ1) is 13.2. The molecule has 0 aromatic carbocycles. The molecule has 1 aliphatic heterocycles. The Morgan fingerprint density at radius 3 is 2.61 bits per heavy atom. The molecule has 1 aliphatic carbocycles. The standard InChI is InChI=1S/C13H22N2O3/c1-18-12(16)9-11-7-2-3-8-15(11)13(17)14-10-5-4-6-10/h10-11H,2-9H2,1H3,(H,14,17). The molecule has 1 saturated heterocycles. The van der Waals surface area contributed by atoms with Crippen molar-refractivity contribution in [3.63, 3.8) is 0 Å².